The average Bonchev–Trinajstić information content (AvgIpc) is 1.86. The smallest absolute Gasteiger partial charge is 0.279 e. The minimum Gasteiger partial charge on any atom is -0.343 e. The second-order valence-electron chi connectivity index (χ2n) is 25.2. The van der Waals surface area contributed by atoms with Gasteiger partial charge in [-0.05, 0) is 161 Å². The first kappa shape index (κ1) is 70.7. The third-order valence-electron chi connectivity index (χ3n) is 16.7. The van der Waals surface area contributed by atoms with E-state index in [0.717, 1.165) is 38.4 Å². The topological polar surface area (TPSA) is 334 Å². The molecule has 1 saturated heterocycles. The molecule has 22 nitrogen and oxygen atoms in total. The van der Waals surface area contributed by atoms with Crippen LogP contribution >= 0.6 is 22.7 Å². The summed E-state index contributed by atoms with van der Waals surface area (Å²) in [6, 6.07) is 12.2. The number of aryl methyl sites for hydroxylation is 2. The Hall–Kier alpha value is -7.80. The number of carbonyl (C=O) groups excluding carboxylic acids is 10. The number of rotatable bonds is 15. The van der Waals surface area contributed by atoms with Crippen molar-refractivity contribution in [2.24, 2.45) is 29.2 Å². The molecule has 1 fully saturated rings. The van der Waals surface area contributed by atoms with Gasteiger partial charge in [0.1, 0.15) is 48.3 Å². The highest BCUT2D eigenvalue weighted by atomic mass is 32.1. The predicted octanol–water partition coefficient (Wildman–Crippen LogP) is 5.01. The van der Waals surface area contributed by atoms with E-state index in [1.807, 2.05) is 71.9 Å². The van der Waals surface area contributed by atoms with Crippen LogP contribution < -0.4 is 59.5 Å². The Balaban J connectivity index is 1.25. The summed E-state index contributed by atoms with van der Waals surface area (Å²) in [6.45, 7) is 15.4. The minimum absolute atomic E-state index is 0.0133. The fourth-order valence-corrected chi connectivity index (χ4v) is 13.8. The number of benzene rings is 2. The first-order chi connectivity index (χ1) is 43.5. The Morgan fingerprint density at radius 1 is 0.495 bits per heavy atom. The minimum atomic E-state index is -1.25. The van der Waals surface area contributed by atoms with Crippen LogP contribution in [0.3, 0.4) is 0 Å². The summed E-state index contributed by atoms with van der Waals surface area (Å²) in [5.41, 5.74) is 22.2. The lowest BCUT2D eigenvalue weighted by atomic mass is 9.97. The van der Waals surface area contributed by atoms with Crippen LogP contribution in [0.1, 0.15) is 164 Å². The van der Waals surface area contributed by atoms with Gasteiger partial charge in [0.05, 0.1) is 9.75 Å². The third-order valence-corrected chi connectivity index (χ3v) is 18.8. The van der Waals surface area contributed by atoms with Crippen molar-refractivity contribution in [1.29, 1.82) is 0 Å². The highest BCUT2D eigenvalue weighted by Crippen LogP contribution is 2.45. The summed E-state index contributed by atoms with van der Waals surface area (Å²) in [6.07, 6.45) is 4.13. The summed E-state index contributed by atoms with van der Waals surface area (Å²) in [7, 11) is 0. The van der Waals surface area contributed by atoms with Crippen molar-refractivity contribution >= 4 is 92.9 Å². The molecule has 4 aromatic rings. The summed E-state index contributed by atoms with van der Waals surface area (Å²) < 4.78 is 0. The number of nitrogens with two attached hydrogens (primary N) is 2. The van der Waals surface area contributed by atoms with E-state index in [2.05, 4.69) is 48.1 Å². The number of hydrogen-bond donors (Lipinski definition) is 11. The van der Waals surface area contributed by atoms with E-state index in [9.17, 15) is 43.2 Å². The predicted molar refractivity (Wildman–Crippen MR) is 353 cm³/mol. The van der Waals surface area contributed by atoms with Gasteiger partial charge in [-0.25, -0.2) is 0 Å². The molecule has 4 bridgehead atoms. The molecule has 24 heteroatoms. The van der Waals surface area contributed by atoms with Crippen LogP contribution in [0.5, 0.6) is 0 Å². The molecule has 0 radical (unpaired) electrons. The number of hydrogen-bond acceptors (Lipinski definition) is 14. The van der Waals surface area contributed by atoms with E-state index < -0.39 is 113 Å². The molecule has 10 amide bonds. The number of amides is 10. The van der Waals surface area contributed by atoms with E-state index in [4.69, 9.17) is 11.5 Å². The van der Waals surface area contributed by atoms with E-state index in [-0.39, 0.29) is 76.4 Å². The summed E-state index contributed by atoms with van der Waals surface area (Å²) in [5, 5.41) is 20.1. The molecule has 492 valence electrons. The molecule has 7 rings (SSSR count). The standard InChI is InChI=1S/C67H92N12O10S2/c1-37(2)31-50-60(82)74-52(33-42-19-11-9-12-20-42)62(84)77-78-65(87)56-36-47(41(8)91-56)45-24-15-23-44(45)46-35-55(90-40(46)7)64(86)70-48(25-16-28-68)58(80)73-51(32-38(3)4)61(83)75-53(34-43-21-13-10-14-22-43)67(89)79-30-18-27-54(79)63(85)76-57(39(5)6)66(88)71-49(26-17-29-69)59(81)72-50/h9-14,19-22,35-39,48-54,57H,15-18,23-34,68-69H2,1-8H3,(H,70,86)(H,71,88)(H,72,81)(H,73,80)(H,74,82)(H,75,83)(H,76,85)(H,77,84)(H,78,87)/t48-,49-,50+,51+,52-,53-,54+,57+/m1/s1. The van der Waals surface area contributed by atoms with Crippen LogP contribution in [-0.2, 0) is 51.2 Å². The molecule has 0 unspecified atom stereocenters. The van der Waals surface area contributed by atoms with Crippen molar-refractivity contribution in [2.75, 3.05) is 19.6 Å². The summed E-state index contributed by atoms with van der Waals surface area (Å²) >= 11 is 2.54. The molecule has 0 saturated carbocycles. The Kier molecular flexibility index (Phi) is 26.0. The van der Waals surface area contributed by atoms with E-state index in [1.165, 1.54) is 27.6 Å². The highest BCUT2D eigenvalue weighted by Gasteiger charge is 2.41. The van der Waals surface area contributed by atoms with Gasteiger partial charge < -0.3 is 53.6 Å². The quantitative estimate of drug-likeness (QED) is 0.0749. The number of nitrogens with one attached hydrogen (secondary N) is 9. The Morgan fingerprint density at radius 3 is 1.44 bits per heavy atom. The van der Waals surface area contributed by atoms with Crippen molar-refractivity contribution in [3.63, 3.8) is 0 Å². The molecular weight excluding hydrogens is 1200 g/mol. The van der Waals surface area contributed by atoms with Crippen LogP contribution in [0.2, 0.25) is 0 Å². The van der Waals surface area contributed by atoms with Crippen LogP contribution in [-0.4, -0.2) is 132 Å². The van der Waals surface area contributed by atoms with E-state index in [0.29, 0.717) is 53.0 Å². The van der Waals surface area contributed by atoms with Crippen molar-refractivity contribution in [2.45, 2.75) is 187 Å². The van der Waals surface area contributed by atoms with Gasteiger partial charge in [-0.15, -0.1) is 22.7 Å². The zero-order valence-electron chi connectivity index (χ0n) is 53.6. The SMILES string of the molecule is Cc1sc2cc1C1=C(CCC1)c1cc(sc1C)C(=O)N[C@H](CCCN)C(=O)N[C@@H](CC(C)C)C(=O)N[C@H](Cc1ccccc1)C(=O)N1CCC[C@H]1C(=O)N[C@@H](C(C)C)C(=O)N[C@H](CCCN)C(=O)N[C@@H](CC(C)C)C(=O)N[C@H](Cc1ccccc1)C(=O)NNC2=O. The number of allylic oxidation sites excluding steroid dienone is 2. The molecule has 3 aliphatic rings. The average molecular weight is 1290 g/mol. The molecule has 2 aromatic carbocycles. The molecule has 0 spiro atoms. The van der Waals surface area contributed by atoms with Gasteiger partial charge in [0.25, 0.3) is 17.7 Å². The second-order valence-corrected chi connectivity index (χ2v) is 27.7. The van der Waals surface area contributed by atoms with Gasteiger partial charge in [-0.3, -0.25) is 58.8 Å². The van der Waals surface area contributed by atoms with Gasteiger partial charge in [-0.1, -0.05) is 102 Å². The number of carbonyl (C=O) groups is 10. The maximum atomic E-state index is 15.0. The van der Waals surface area contributed by atoms with Crippen LogP contribution in [0, 0.1) is 31.6 Å². The Bertz CT molecular complexity index is 3270. The van der Waals surface area contributed by atoms with Crippen molar-refractivity contribution < 1.29 is 47.9 Å². The largest absolute Gasteiger partial charge is 0.343 e. The number of fused-ring (bicyclic) bond motifs is 7. The monoisotopic (exact) mass is 1290 g/mol. The van der Waals surface area contributed by atoms with E-state index in [1.54, 1.807) is 56.3 Å². The van der Waals surface area contributed by atoms with Crippen molar-refractivity contribution in [3.8, 4) is 0 Å². The Labute approximate surface area is 541 Å². The van der Waals surface area contributed by atoms with Gasteiger partial charge in [0, 0.05) is 29.1 Å². The molecule has 2 aromatic heterocycles. The third kappa shape index (κ3) is 19.4. The first-order valence-electron chi connectivity index (χ1n) is 31.9. The first-order valence-corrected chi connectivity index (χ1v) is 33.5. The fraction of sp³-hybridized carbons (Fsp3) is 0.522. The van der Waals surface area contributed by atoms with Crippen LogP contribution in [0.25, 0.3) is 11.1 Å². The number of nitrogens with zero attached hydrogens (tertiary/aromatic N) is 1. The van der Waals surface area contributed by atoms with E-state index >= 15 is 4.79 Å². The summed E-state index contributed by atoms with van der Waals surface area (Å²) in [5.74, 6) is -7.13. The molecule has 91 heavy (non-hydrogen) atoms. The lowest BCUT2D eigenvalue weighted by molar-refractivity contribution is -0.143. The molecule has 4 heterocycles. The number of thiophene rings is 2. The van der Waals surface area contributed by atoms with Gasteiger partial charge in [0.2, 0.25) is 41.4 Å². The maximum absolute atomic E-state index is 15.0. The van der Waals surface area contributed by atoms with Crippen LogP contribution in [0.15, 0.2) is 72.8 Å². The lowest BCUT2D eigenvalue weighted by Crippen LogP contribution is -2.61. The molecule has 2 aliphatic heterocycles. The molecule has 8 atom stereocenters. The molecular formula is C67H92N12O10S2. The molecule has 1 aliphatic carbocycles. The van der Waals surface area contributed by atoms with Gasteiger partial charge in [0.15, 0.2) is 0 Å². The summed E-state index contributed by atoms with van der Waals surface area (Å²) in [4.78, 5) is 149. The van der Waals surface area contributed by atoms with Gasteiger partial charge >= 0.3 is 0 Å². The number of hydrazine groups is 1. The van der Waals surface area contributed by atoms with Gasteiger partial charge in [-0.2, -0.15) is 0 Å². The second kappa shape index (κ2) is 33.5. The Morgan fingerprint density at radius 2 is 0.945 bits per heavy atom. The van der Waals surface area contributed by atoms with Crippen LogP contribution in [0.4, 0.5) is 0 Å². The lowest BCUT2D eigenvalue weighted by Gasteiger charge is -2.32. The maximum Gasteiger partial charge on any atom is 0.279 e. The molecule has 13 N–H and O–H groups in total. The zero-order valence-corrected chi connectivity index (χ0v) is 55.2. The zero-order chi connectivity index (χ0) is 66.1. The normalized spacial score (nSPS) is 23.4. The highest BCUT2D eigenvalue weighted by molar-refractivity contribution is 7.14. The van der Waals surface area contributed by atoms with Crippen molar-refractivity contribution in [1.82, 2.24) is 53.0 Å². The van der Waals surface area contributed by atoms with Crippen molar-refractivity contribution in [3.05, 3.63) is 115 Å². The fourth-order valence-electron chi connectivity index (χ4n) is 12.0.